The molecule has 0 aliphatic heterocycles. The van der Waals surface area contributed by atoms with E-state index in [0.717, 1.165) is 11.1 Å². The Morgan fingerprint density at radius 3 is 1.59 bits per heavy atom. The number of rotatable bonds is 6. The SMILES string of the molecule is [2H]c1cc(N(c2ccc3nc(-c4ccccc4)oc3c2)c2ccc3nc(-c4ccccc4)oc3c2)cc2ccc(-c3cccc4cc(C(F)(F)F)c(C(F)(F)F)cc34)cc12. The molecule has 2 heterocycles. The van der Waals surface area contributed by atoms with Gasteiger partial charge in [-0.3, -0.25) is 0 Å². The lowest BCUT2D eigenvalue weighted by atomic mass is 9.92. The van der Waals surface area contributed by atoms with Gasteiger partial charge in [-0.1, -0.05) is 72.8 Å². The van der Waals surface area contributed by atoms with Crippen molar-refractivity contribution in [2.75, 3.05) is 4.90 Å². The van der Waals surface area contributed by atoms with Crippen LogP contribution in [-0.4, -0.2) is 9.97 Å². The summed E-state index contributed by atoms with van der Waals surface area (Å²) in [6.07, 6.45) is -10.4. The predicted molar refractivity (Wildman–Crippen MR) is 218 cm³/mol. The Kier molecular flexibility index (Phi) is 8.04. The number of hydrogen-bond acceptors (Lipinski definition) is 5. The molecule has 2 aromatic heterocycles. The Morgan fingerprint density at radius 1 is 0.458 bits per heavy atom. The van der Waals surface area contributed by atoms with E-state index in [9.17, 15) is 27.7 Å². The molecule has 0 aliphatic rings. The van der Waals surface area contributed by atoms with Crippen LogP contribution in [0.15, 0.2) is 173 Å². The Hall–Kier alpha value is -7.40. The van der Waals surface area contributed by atoms with Gasteiger partial charge >= 0.3 is 12.4 Å². The molecule has 5 nitrogen and oxygen atoms in total. The molecule has 59 heavy (non-hydrogen) atoms. The van der Waals surface area contributed by atoms with Crippen molar-refractivity contribution in [2.45, 2.75) is 12.4 Å². The van der Waals surface area contributed by atoms with Crippen LogP contribution in [0.25, 0.3) is 77.8 Å². The van der Waals surface area contributed by atoms with Gasteiger partial charge in [0.25, 0.3) is 0 Å². The van der Waals surface area contributed by atoms with Gasteiger partial charge in [0.1, 0.15) is 11.0 Å². The normalized spacial score (nSPS) is 12.5. The van der Waals surface area contributed by atoms with Crippen LogP contribution in [0.2, 0.25) is 0 Å². The van der Waals surface area contributed by atoms with Gasteiger partial charge in [-0.2, -0.15) is 26.3 Å². The lowest BCUT2D eigenvalue weighted by Gasteiger charge is -2.25. The van der Waals surface area contributed by atoms with E-state index in [0.29, 0.717) is 85.1 Å². The Balaban J connectivity index is 1.11. The van der Waals surface area contributed by atoms with Crippen molar-refractivity contribution in [1.29, 1.82) is 0 Å². The zero-order valence-electron chi connectivity index (χ0n) is 31.4. The first-order valence-corrected chi connectivity index (χ1v) is 18.4. The van der Waals surface area contributed by atoms with Gasteiger partial charge in [-0.05, 0) is 112 Å². The van der Waals surface area contributed by atoms with Crippen LogP contribution in [0.4, 0.5) is 43.4 Å². The van der Waals surface area contributed by atoms with E-state index >= 15 is 0 Å². The van der Waals surface area contributed by atoms with E-state index in [1.165, 1.54) is 12.1 Å². The second-order valence-electron chi connectivity index (χ2n) is 14.0. The van der Waals surface area contributed by atoms with E-state index in [-0.39, 0.29) is 16.8 Å². The van der Waals surface area contributed by atoms with Crippen molar-refractivity contribution in [3.8, 4) is 34.0 Å². The van der Waals surface area contributed by atoms with Crippen LogP contribution in [-0.2, 0) is 12.4 Å². The molecule has 0 spiro atoms. The van der Waals surface area contributed by atoms with Gasteiger partial charge in [0, 0.05) is 40.3 Å². The summed E-state index contributed by atoms with van der Waals surface area (Å²) in [6, 6.07) is 44.6. The predicted octanol–water partition coefficient (Wildman–Crippen LogP) is 14.8. The average molecular weight is 793 g/mol. The molecule has 288 valence electrons. The zero-order valence-corrected chi connectivity index (χ0v) is 30.4. The minimum atomic E-state index is -5.24. The number of benzene rings is 8. The minimum Gasteiger partial charge on any atom is -0.436 e. The zero-order chi connectivity index (χ0) is 41.3. The third-order valence-corrected chi connectivity index (χ3v) is 10.2. The van der Waals surface area contributed by atoms with Crippen LogP contribution in [0.3, 0.4) is 0 Å². The van der Waals surface area contributed by atoms with Crippen molar-refractivity contribution >= 4 is 60.8 Å². The fourth-order valence-electron chi connectivity index (χ4n) is 7.46. The number of halogens is 6. The molecule has 0 unspecified atom stereocenters. The monoisotopic (exact) mass is 792 g/mol. The van der Waals surface area contributed by atoms with Crippen LogP contribution in [0.5, 0.6) is 0 Å². The van der Waals surface area contributed by atoms with Crippen LogP contribution < -0.4 is 4.90 Å². The number of fused-ring (bicyclic) bond motifs is 4. The van der Waals surface area contributed by atoms with Gasteiger partial charge in [-0.25, -0.2) is 9.97 Å². The molecule has 0 bridgehead atoms. The van der Waals surface area contributed by atoms with Crippen molar-refractivity contribution in [2.24, 2.45) is 0 Å². The first-order valence-electron chi connectivity index (χ1n) is 18.9. The van der Waals surface area contributed by atoms with Crippen LogP contribution in [0.1, 0.15) is 12.5 Å². The molecule has 11 heteroatoms. The molecule has 0 amide bonds. The third-order valence-electron chi connectivity index (χ3n) is 10.2. The number of alkyl halides is 6. The maximum absolute atomic E-state index is 14.0. The molecule has 0 aliphatic carbocycles. The Bertz CT molecular complexity index is 3150. The van der Waals surface area contributed by atoms with E-state index in [1.807, 2.05) is 108 Å². The third kappa shape index (κ3) is 6.60. The summed E-state index contributed by atoms with van der Waals surface area (Å²) >= 11 is 0. The molecule has 0 radical (unpaired) electrons. The summed E-state index contributed by atoms with van der Waals surface area (Å²) in [5.41, 5.74) is 3.19. The fraction of sp³-hybridized carbons (Fsp3) is 0.0417. The number of oxazole rings is 2. The molecular formula is C48H27F6N3O2. The minimum absolute atomic E-state index is 0.00274. The average Bonchev–Trinajstić information content (AvgIpc) is 3.88. The molecule has 8 aromatic carbocycles. The van der Waals surface area contributed by atoms with E-state index in [4.69, 9.17) is 18.8 Å². The maximum Gasteiger partial charge on any atom is 0.417 e. The van der Waals surface area contributed by atoms with Crippen molar-refractivity contribution in [1.82, 2.24) is 9.97 Å². The highest BCUT2D eigenvalue weighted by Gasteiger charge is 2.43. The Morgan fingerprint density at radius 2 is 1.02 bits per heavy atom. The summed E-state index contributed by atoms with van der Waals surface area (Å²) in [5, 5.41) is 1.13. The number of hydrogen-bond donors (Lipinski definition) is 0. The van der Waals surface area contributed by atoms with E-state index < -0.39 is 23.5 Å². The van der Waals surface area contributed by atoms with Gasteiger partial charge in [-0.15, -0.1) is 0 Å². The highest BCUT2D eigenvalue weighted by molar-refractivity contribution is 6.01. The van der Waals surface area contributed by atoms with E-state index in [1.54, 1.807) is 30.3 Å². The van der Waals surface area contributed by atoms with Crippen molar-refractivity contribution in [3.63, 3.8) is 0 Å². The molecule has 0 saturated carbocycles. The lowest BCUT2D eigenvalue weighted by Crippen LogP contribution is -2.16. The van der Waals surface area contributed by atoms with Gasteiger partial charge in [0.15, 0.2) is 11.2 Å². The first-order chi connectivity index (χ1) is 28.9. The first kappa shape index (κ1) is 34.8. The van der Waals surface area contributed by atoms with Gasteiger partial charge < -0.3 is 13.7 Å². The van der Waals surface area contributed by atoms with E-state index in [2.05, 4.69) is 0 Å². The molecule has 0 atom stereocenters. The summed E-state index contributed by atoms with van der Waals surface area (Å²) < 4.78 is 105. The lowest BCUT2D eigenvalue weighted by molar-refractivity contribution is -0.161. The highest BCUT2D eigenvalue weighted by Crippen LogP contribution is 2.45. The summed E-state index contributed by atoms with van der Waals surface area (Å²) in [5.74, 6) is 0.921. The fourth-order valence-corrected chi connectivity index (χ4v) is 7.46. The smallest absolute Gasteiger partial charge is 0.417 e. The molecule has 0 N–H and O–H groups in total. The van der Waals surface area contributed by atoms with Crippen molar-refractivity contribution < 1.29 is 36.5 Å². The molecule has 0 saturated heterocycles. The van der Waals surface area contributed by atoms with Gasteiger partial charge in [0.2, 0.25) is 11.8 Å². The highest BCUT2D eigenvalue weighted by atomic mass is 19.4. The summed E-state index contributed by atoms with van der Waals surface area (Å²) in [7, 11) is 0. The summed E-state index contributed by atoms with van der Waals surface area (Å²) in [6.45, 7) is 0. The molecule has 10 aromatic rings. The Labute approximate surface area is 332 Å². The second kappa shape index (κ2) is 13.6. The standard InChI is InChI=1S/C48H27F6N3O2/c49-47(50,51)39-24-32-12-7-13-37(38(32)27-40(39)48(52,53)54)33-15-14-31-23-34(17-16-30(31)22-33)57(35-18-20-41-43(25-35)58-45(55-41)28-8-3-1-4-9-28)36-19-21-42-44(26-36)59-46(56-42)29-10-5-2-6-11-29/h1-27H/i16D. The maximum atomic E-state index is 14.0. The quantitative estimate of drug-likeness (QED) is 0.157. The second-order valence-corrected chi connectivity index (χ2v) is 14.0. The van der Waals surface area contributed by atoms with Gasteiger partial charge in [0.05, 0.1) is 12.5 Å². The molecular weight excluding hydrogens is 765 g/mol. The number of nitrogens with zero attached hydrogens (tertiary/aromatic N) is 3. The number of aromatic nitrogens is 2. The summed E-state index contributed by atoms with van der Waals surface area (Å²) in [4.78, 5) is 11.3. The molecule has 10 rings (SSSR count). The van der Waals surface area contributed by atoms with Crippen molar-refractivity contribution in [3.05, 3.63) is 175 Å². The molecule has 0 fully saturated rings. The topological polar surface area (TPSA) is 55.3 Å². The van der Waals surface area contributed by atoms with Crippen LogP contribution in [0, 0.1) is 0 Å². The number of anilines is 3. The van der Waals surface area contributed by atoms with Crippen LogP contribution >= 0.6 is 0 Å². The largest absolute Gasteiger partial charge is 0.436 e.